The Bertz CT molecular complexity index is 1560. The van der Waals surface area contributed by atoms with Crippen LogP contribution in [0.4, 0.5) is 0 Å². The summed E-state index contributed by atoms with van der Waals surface area (Å²) >= 11 is 0. The number of hydrogen-bond donors (Lipinski definition) is 0. The minimum atomic E-state index is -3.70. The first kappa shape index (κ1) is 9.69. The average Bonchev–Trinajstić information content (AvgIpc) is 3.09. The highest BCUT2D eigenvalue weighted by Crippen LogP contribution is 2.37. The van der Waals surface area contributed by atoms with Crippen molar-refractivity contribution in [2.45, 2.75) is 47.7 Å². The van der Waals surface area contributed by atoms with E-state index < -0.39 is 32.3 Å². The number of furan rings is 1. The van der Waals surface area contributed by atoms with Crippen LogP contribution in [0.5, 0.6) is 0 Å². The van der Waals surface area contributed by atoms with Crippen molar-refractivity contribution in [3.05, 3.63) is 58.9 Å². The smallest absolute Gasteiger partial charge is 0.227 e. The Morgan fingerprint density at radius 3 is 2.57 bits per heavy atom. The summed E-state index contributed by atoms with van der Waals surface area (Å²) in [7, 11) is 1.60. The Labute approximate surface area is 182 Å². The molecule has 1 aromatic carbocycles. The van der Waals surface area contributed by atoms with Gasteiger partial charge in [-0.25, -0.2) is 9.55 Å². The van der Waals surface area contributed by atoms with Crippen LogP contribution in [-0.2, 0) is 13.4 Å². The highest BCUT2D eigenvalue weighted by atomic mass is 16.3. The monoisotopic (exact) mass is 384 g/mol. The molecule has 4 rings (SSSR count). The fraction of sp³-hybridized carbons (Fsp3) is 0.360. The van der Waals surface area contributed by atoms with Gasteiger partial charge in [0.15, 0.2) is 11.8 Å². The van der Waals surface area contributed by atoms with Gasteiger partial charge in [0, 0.05) is 43.2 Å². The molecule has 0 radical (unpaired) electrons. The summed E-state index contributed by atoms with van der Waals surface area (Å²) in [6.07, 6.45) is -2.04. The van der Waals surface area contributed by atoms with Gasteiger partial charge in [-0.2, -0.15) is 0 Å². The molecular weight excluding hydrogens is 344 g/mol. The number of pyridine rings is 2. The van der Waals surface area contributed by atoms with Crippen LogP contribution in [0.25, 0.3) is 33.3 Å². The number of rotatable bonds is 2. The van der Waals surface area contributed by atoms with Crippen LogP contribution in [-0.4, -0.2) is 4.98 Å². The number of nitrogens with zero attached hydrogens (tertiary/aromatic N) is 2. The molecule has 3 heteroatoms. The first-order valence-electron chi connectivity index (χ1n) is 14.5. The number of benzene rings is 1. The van der Waals surface area contributed by atoms with Crippen LogP contribution >= 0.6 is 0 Å². The van der Waals surface area contributed by atoms with Gasteiger partial charge in [-0.3, -0.25) is 0 Å². The maximum absolute atomic E-state index is 8.87. The molecule has 0 aliphatic heterocycles. The van der Waals surface area contributed by atoms with Crippen molar-refractivity contribution in [1.82, 2.24) is 4.98 Å². The molecule has 4 aromatic rings. The fourth-order valence-corrected chi connectivity index (χ4v) is 3.56. The van der Waals surface area contributed by atoms with Crippen molar-refractivity contribution in [3.63, 3.8) is 0 Å². The van der Waals surface area contributed by atoms with Crippen LogP contribution in [0, 0.1) is 26.2 Å². The van der Waals surface area contributed by atoms with Crippen LogP contribution < -0.4 is 4.57 Å². The zero-order valence-electron chi connectivity index (χ0n) is 27.3. The second-order valence-electron chi connectivity index (χ2n) is 7.28. The molecule has 0 saturated heterocycles. The van der Waals surface area contributed by atoms with Gasteiger partial charge in [-0.1, -0.05) is 32.7 Å². The van der Waals surface area contributed by atoms with Crippen LogP contribution in [0.1, 0.15) is 58.0 Å². The lowest BCUT2D eigenvalue weighted by molar-refractivity contribution is -0.660. The molecule has 28 heavy (non-hydrogen) atoms. The van der Waals surface area contributed by atoms with Crippen molar-refractivity contribution in [3.8, 4) is 11.3 Å². The molecule has 144 valence electrons. The second kappa shape index (κ2) is 6.44. The van der Waals surface area contributed by atoms with E-state index in [0.29, 0.717) is 22.6 Å². The van der Waals surface area contributed by atoms with Gasteiger partial charge in [-0.05, 0) is 55.8 Å². The zero-order chi connectivity index (χ0) is 29.5. The van der Waals surface area contributed by atoms with Crippen molar-refractivity contribution < 1.29 is 24.1 Å². The third kappa shape index (κ3) is 3.19. The lowest BCUT2D eigenvalue weighted by atomic mass is 9.86. The Balaban J connectivity index is 2.03. The highest BCUT2D eigenvalue weighted by Gasteiger charge is 2.23. The van der Waals surface area contributed by atoms with Crippen molar-refractivity contribution in [2.24, 2.45) is 12.5 Å². The van der Waals surface area contributed by atoms with Crippen molar-refractivity contribution >= 4 is 22.1 Å². The largest absolute Gasteiger partial charge is 0.437 e. The summed E-state index contributed by atoms with van der Waals surface area (Å²) in [6, 6.07) is 9.23. The van der Waals surface area contributed by atoms with Crippen LogP contribution in [0.15, 0.2) is 40.9 Å². The van der Waals surface area contributed by atoms with Crippen molar-refractivity contribution in [2.75, 3.05) is 0 Å². The quantitative estimate of drug-likeness (QED) is 0.398. The average molecular weight is 385 g/mol. The summed E-state index contributed by atoms with van der Waals surface area (Å²) in [5.74, 6) is 0. The second-order valence-corrected chi connectivity index (χ2v) is 7.28. The lowest BCUT2D eigenvalue weighted by Crippen LogP contribution is -2.32. The van der Waals surface area contributed by atoms with Crippen LogP contribution in [0.3, 0.4) is 0 Å². The van der Waals surface area contributed by atoms with Crippen molar-refractivity contribution in [1.29, 1.82) is 0 Å². The number of hydrogen-bond acceptors (Lipinski definition) is 2. The molecule has 3 aromatic heterocycles. The van der Waals surface area contributed by atoms with Gasteiger partial charge in [0.1, 0.15) is 7.05 Å². The normalized spacial score (nSPS) is 19.9. The predicted octanol–water partition coefficient (Wildman–Crippen LogP) is 5.99. The topological polar surface area (TPSA) is 29.9 Å². The highest BCUT2D eigenvalue weighted by molar-refractivity contribution is 6.08. The summed E-state index contributed by atoms with van der Waals surface area (Å²) in [5, 5.41) is 1.64. The van der Waals surface area contributed by atoms with E-state index in [-0.39, 0.29) is 11.1 Å². The summed E-state index contributed by atoms with van der Waals surface area (Å²) in [6.45, 7) is -5.85. The predicted molar refractivity (Wildman–Crippen MR) is 115 cm³/mol. The Hall–Kier alpha value is -2.68. The molecule has 0 N–H and O–H groups in total. The number of aryl methyl sites for hydroxylation is 4. The maximum Gasteiger partial charge on any atom is 0.227 e. The summed E-state index contributed by atoms with van der Waals surface area (Å²) in [4.78, 5) is 4.48. The van der Waals surface area contributed by atoms with E-state index in [0.717, 1.165) is 22.0 Å². The maximum atomic E-state index is 8.87. The third-order valence-electron chi connectivity index (χ3n) is 4.91. The molecule has 0 bridgehead atoms. The Morgan fingerprint density at radius 2 is 1.82 bits per heavy atom. The molecule has 0 aliphatic carbocycles. The molecule has 3 nitrogen and oxygen atoms in total. The van der Waals surface area contributed by atoms with Gasteiger partial charge in [0.25, 0.3) is 0 Å². The summed E-state index contributed by atoms with van der Waals surface area (Å²) < 4.78 is 97.3. The first-order valence-corrected chi connectivity index (χ1v) is 8.97. The van der Waals surface area contributed by atoms with Gasteiger partial charge in [-0.15, -0.1) is 0 Å². The summed E-state index contributed by atoms with van der Waals surface area (Å²) in [5.41, 5.74) is 0.0539. The Kier molecular flexibility index (Phi) is 2.23. The van der Waals surface area contributed by atoms with Gasteiger partial charge in [0.05, 0.1) is 5.56 Å². The van der Waals surface area contributed by atoms with E-state index in [1.807, 2.05) is 38.1 Å². The van der Waals surface area contributed by atoms with E-state index in [1.165, 1.54) is 17.7 Å². The minimum Gasteiger partial charge on any atom is -0.437 e. The number of fused-ring (bicyclic) bond motifs is 3. The molecule has 0 saturated carbocycles. The Morgan fingerprint density at radius 1 is 1.07 bits per heavy atom. The van der Waals surface area contributed by atoms with Gasteiger partial charge in [0.2, 0.25) is 11.4 Å². The minimum absolute atomic E-state index is 0.191. The van der Waals surface area contributed by atoms with E-state index in [9.17, 15) is 0 Å². The molecule has 0 aliphatic rings. The lowest BCUT2D eigenvalue weighted by Gasteiger charge is -2.19. The van der Waals surface area contributed by atoms with E-state index in [1.54, 1.807) is 13.1 Å². The van der Waals surface area contributed by atoms with Gasteiger partial charge < -0.3 is 4.42 Å². The van der Waals surface area contributed by atoms with Crippen LogP contribution in [0.2, 0.25) is 0 Å². The third-order valence-corrected chi connectivity index (χ3v) is 4.91. The molecule has 0 unspecified atom stereocenters. The van der Waals surface area contributed by atoms with E-state index >= 15 is 0 Å². The molecule has 3 heterocycles. The molecule has 0 atom stereocenters. The molecule has 0 amide bonds. The molecule has 0 spiro atoms. The first-order chi connectivity index (χ1) is 17.7. The van der Waals surface area contributed by atoms with E-state index in [2.05, 4.69) is 4.98 Å². The SMILES string of the molecule is [2H]C([2H])([2H])C(C([2H])([2H])[2H])(C([2H])([2H])[2H])C([2H])([2H])c1c[n+](C)c(-c2c(C)ccc3c2oc2nc(C)ccc23)cc1C. The van der Waals surface area contributed by atoms with Gasteiger partial charge >= 0.3 is 0 Å². The fourth-order valence-electron chi connectivity index (χ4n) is 3.56. The van der Waals surface area contributed by atoms with E-state index in [4.69, 9.17) is 19.5 Å². The zero-order valence-corrected chi connectivity index (χ0v) is 16.3. The molecule has 0 fully saturated rings. The molecular formula is C25H29N2O+. The number of aromatic nitrogens is 2. The standard InChI is InChI=1S/C25H29N2O/c1-15-8-10-19-20-11-9-17(3)26-24(20)28-23(19)22(15)21-12-16(2)18(14-27(21)7)13-25(4,5)6/h8-12,14H,13H2,1-7H3/q+1/i4D3,5D3,6D3,13D2.